The average Bonchev–Trinajstić information content (AvgIpc) is 3.96. The summed E-state index contributed by atoms with van der Waals surface area (Å²) in [5.74, 6) is -1.26. The number of nitrogens with one attached hydrogen (secondary N) is 4. The maximum absolute atomic E-state index is 11.8. The van der Waals surface area contributed by atoms with Gasteiger partial charge in [-0.15, -0.1) is 0 Å². The fourth-order valence-electron chi connectivity index (χ4n) is 7.29. The summed E-state index contributed by atoms with van der Waals surface area (Å²) >= 11 is 12.6. The third kappa shape index (κ3) is 7.87. The molecule has 5 N–H and O–H groups in total. The second-order valence-electron chi connectivity index (χ2n) is 13.4. The van der Waals surface area contributed by atoms with Gasteiger partial charge in [0.05, 0.1) is 40.6 Å². The number of anilines is 2. The van der Waals surface area contributed by atoms with Crippen LogP contribution in [0.4, 0.5) is 11.4 Å². The first-order chi connectivity index (χ1) is 24.7. The predicted octanol–water partition coefficient (Wildman–Crippen LogP) is 11.2. The number of hydrogen-bond donors (Lipinski definition) is 5. The van der Waals surface area contributed by atoms with Crippen LogP contribution in [-0.2, 0) is 4.74 Å². The number of esters is 1. The van der Waals surface area contributed by atoms with E-state index >= 15 is 0 Å². The molecule has 2 fully saturated rings. The molecule has 0 atom stereocenters. The predicted molar refractivity (Wildman–Crippen MR) is 208 cm³/mol. The Kier molecular flexibility index (Phi) is 10.2. The van der Waals surface area contributed by atoms with Gasteiger partial charge in [0.1, 0.15) is 0 Å². The van der Waals surface area contributed by atoms with E-state index in [1.165, 1.54) is 58.5 Å². The number of methoxy groups -OCH3 is 1. The monoisotopic (exact) mass is 722 g/mol. The molecule has 0 amide bonds. The number of benzene rings is 4. The molecule has 2 aliphatic rings. The van der Waals surface area contributed by atoms with Crippen LogP contribution in [0.5, 0.6) is 0 Å². The van der Waals surface area contributed by atoms with Crippen molar-refractivity contribution >= 4 is 68.3 Å². The first-order valence-electron chi connectivity index (χ1n) is 17.4. The molecule has 2 heterocycles. The van der Waals surface area contributed by atoms with Crippen LogP contribution < -0.4 is 10.6 Å². The number of aromatic nitrogens is 2. The lowest BCUT2D eigenvalue weighted by Gasteiger charge is -2.14. The molecular weight excluding hydrogens is 683 g/mol. The second kappa shape index (κ2) is 15.1. The first kappa shape index (κ1) is 34.5. The molecule has 0 radical (unpaired) electrons. The summed E-state index contributed by atoms with van der Waals surface area (Å²) in [5, 5.41) is 19.9. The number of aromatic amines is 2. The van der Waals surface area contributed by atoms with Crippen LogP contribution in [0, 0.1) is 0 Å². The van der Waals surface area contributed by atoms with Crippen LogP contribution >= 0.6 is 23.2 Å². The van der Waals surface area contributed by atoms with Gasteiger partial charge in [-0.2, -0.15) is 0 Å². The van der Waals surface area contributed by atoms with Crippen molar-refractivity contribution in [3.05, 3.63) is 106 Å². The Labute approximate surface area is 306 Å². The summed E-state index contributed by atoms with van der Waals surface area (Å²) in [6.07, 6.45) is 9.84. The van der Waals surface area contributed by atoms with Gasteiger partial charge < -0.3 is 30.4 Å². The summed E-state index contributed by atoms with van der Waals surface area (Å²) in [6, 6.07) is 27.3. The zero-order chi connectivity index (χ0) is 35.5. The van der Waals surface area contributed by atoms with Gasteiger partial charge in [0, 0.05) is 44.3 Å². The SMILES string of the molecule is COC(=O)c1cccc(-c2cc3cc(Cl)cc(NC4CCCC4)c3[nH]2)c1.O=C(O)c1cccc(-c2cc3cc(Cl)cc(NC4CCCC4)c3[nH]2)c1. The highest BCUT2D eigenvalue weighted by atomic mass is 35.5. The number of ether oxygens (including phenoxy) is 1. The van der Waals surface area contributed by atoms with Crippen molar-refractivity contribution in [1.29, 1.82) is 0 Å². The number of carbonyl (C=O) groups excluding carboxylic acids is 1. The van der Waals surface area contributed by atoms with E-state index in [1.54, 1.807) is 24.3 Å². The molecule has 0 bridgehead atoms. The molecule has 0 aliphatic heterocycles. The van der Waals surface area contributed by atoms with Gasteiger partial charge in [-0.05, 0) is 97.5 Å². The summed E-state index contributed by atoms with van der Waals surface area (Å²) in [4.78, 5) is 29.9. The maximum Gasteiger partial charge on any atom is 0.337 e. The molecule has 0 unspecified atom stereocenters. The van der Waals surface area contributed by atoms with E-state index in [-0.39, 0.29) is 11.5 Å². The Hall–Kier alpha value is -4.92. The summed E-state index contributed by atoms with van der Waals surface area (Å²) in [7, 11) is 1.39. The Morgan fingerprint density at radius 3 is 1.57 bits per heavy atom. The van der Waals surface area contributed by atoms with Crippen molar-refractivity contribution in [3.8, 4) is 22.5 Å². The average molecular weight is 724 g/mol. The minimum atomic E-state index is -0.926. The van der Waals surface area contributed by atoms with Crippen LogP contribution in [-0.4, -0.2) is 46.2 Å². The van der Waals surface area contributed by atoms with Crippen molar-refractivity contribution in [1.82, 2.24) is 9.97 Å². The topological polar surface area (TPSA) is 119 Å². The zero-order valence-corrected chi connectivity index (χ0v) is 29.8. The molecule has 8 rings (SSSR count). The van der Waals surface area contributed by atoms with Gasteiger partial charge in [0.15, 0.2) is 0 Å². The largest absolute Gasteiger partial charge is 0.478 e. The minimum absolute atomic E-state index is 0.276. The fraction of sp³-hybridized carbons (Fsp3) is 0.268. The van der Waals surface area contributed by atoms with Crippen LogP contribution in [0.2, 0.25) is 10.0 Å². The lowest BCUT2D eigenvalue weighted by Crippen LogP contribution is -2.14. The quantitative estimate of drug-likeness (QED) is 0.0998. The van der Waals surface area contributed by atoms with Crippen molar-refractivity contribution < 1.29 is 19.4 Å². The standard InChI is InChI=1S/C21H21ClN2O2.C20H19ClN2O2/c1-26-21(25)14-6-4-5-13(9-14)18-11-15-10-16(22)12-19(20(15)24-18)23-17-7-2-3-8-17;21-15-9-14-10-17(12-4-3-5-13(8-12)20(24)25)23-19(14)18(11-15)22-16-6-1-2-7-16/h4-6,9-12,17,23-24H,2-3,7-8H2,1H3;3-5,8-11,16,22-23H,1-2,6-7H2,(H,24,25). The Balaban J connectivity index is 0.000000159. The first-order valence-corrected chi connectivity index (χ1v) is 18.2. The number of hydrogen-bond acceptors (Lipinski definition) is 5. The minimum Gasteiger partial charge on any atom is -0.478 e. The highest BCUT2D eigenvalue weighted by Gasteiger charge is 2.19. The molecule has 6 aromatic rings. The van der Waals surface area contributed by atoms with E-state index in [1.807, 2.05) is 54.6 Å². The van der Waals surface area contributed by atoms with Crippen LogP contribution in [0.1, 0.15) is 72.1 Å². The third-order valence-corrected chi connectivity index (χ3v) is 10.3. The highest BCUT2D eigenvalue weighted by molar-refractivity contribution is 6.32. The molecule has 2 saturated carbocycles. The Morgan fingerprint density at radius 2 is 1.12 bits per heavy atom. The van der Waals surface area contributed by atoms with Gasteiger partial charge >= 0.3 is 11.9 Å². The third-order valence-electron chi connectivity index (χ3n) is 9.83. The maximum atomic E-state index is 11.8. The number of rotatable bonds is 8. The molecule has 0 spiro atoms. The van der Waals surface area contributed by atoms with Crippen molar-refractivity contribution in [3.63, 3.8) is 0 Å². The van der Waals surface area contributed by atoms with Gasteiger partial charge in [0.25, 0.3) is 0 Å². The van der Waals surface area contributed by atoms with Crippen molar-refractivity contribution in [2.45, 2.75) is 63.5 Å². The van der Waals surface area contributed by atoms with Crippen molar-refractivity contribution in [2.24, 2.45) is 0 Å². The van der Waals surface area contributed by atoms with E-state index in [0.717, 1.165) is 55.7 Å². The molecule has 10 heteroatoms. The Bertz CT molecular complexity index is 2210. The van der Waals surface area contributed by atoms with Gasteiger partial charge in [-0.1, -0.05) is 73.2 Å². The summed E-state index contributed by atoms with van der Waals surface area (Å²) < 4.78 is 4.82. The smallest absolute Gasteiger partial charge is 0.337 e. The molecule has 2 aromatic heterocycles. The number of halogens is 2. The zero-order valence-electron chi connectivity index (χ0n) is 28.3. The molecule has 0 saturated heterocycles. The van der Waals surface area contributed by atoms with E-state index in [4.69, 9.17) is 27.9 Å². The molecular formula is C41H40Cl2N4O4. The van der Waals surface area contributed by atoms with Crippen LogP contribution in [0.3, 0.4) is 0 Å². The molecule has 8 nitrogen and oxygen atoms in total. The van der Waals surface area contributed by atoms with E-state index < -0.39 is 5.97 Å². The summed E-state index contributed by atoms with van der Waals surface area (Å²) in [5.41, 5.74) is 8.52. The number of carboxylic acid groups (broad SMARTS) is 1. The summed E-state index contributed by atoms with van der Waals surface area (Å²) in [6.45, 7) is 0. The number of fused-ring (bicyclic) bond motifs is 2. The highest BCUT2D eigenvalue weighted by Crippen LogP contribution is 2.36. The van der Waals surface area contributed by atoms with Gasteiger partial charge in [-0.25, -0.2) is 9.59 Å². The van der Waals surface area contributed by atoms with E-state index in [0.29, 0.717) is 27.7 Å². The normalized spacial score (nSPS) is 14.8. The number of aromatic carboxylic acids is 1. The molecule has 51 heavy (non-hydrogen) atoms. The number of carbonyl (C=O) groups is 2. The Morgan fingerprint density at radius 1 is 0.667 bits per heavy atom. The van der Waals surface area contributed by atoms with Gasteiger partial charge in [-0.3, -0.25) is 0 Å². The molecule has 4 aromatic carbocycles. The lowest BCUT2D eigenvalue weighted by molar-refractivity contribution is 0.0600. The van der Waals surface area contributed by atoms with Crippen LogP contribution in [0.15, 0.2) is 84.9 Å². The molecule has 2 aliphatic carbocycles. The van der Waals surface area contributed by atoms with E-state index in [2.05, 4.69) is 26.7 Å². The molecule has 262 valence electrons. The number of H-pyrrole nitrogens is 2. The lowest BCUT2D eigenvalue weighted by atomic mass is 10.1. The van der Waals surface area contributed by atoms with E-state index in [9.17, 15) is 14.7 Å². The second-order valence-corrected chi connectivity index (χ2v) is 14.3. The number of carboxylic acids is 1. The fourth-order valence-corrected chi connectivity index (χ4v) is 7.74. The van der Waals surface area contributed by atoms with Crippen LogP contribution in [0.25, 0.3) is 44.3 Å². The van der Waals surface area contributed by atoms with Crippen molar-refractivity contribution in [2.75, 3.05) is 17.7 Å². The van der Waals surface area contributed by atoms with Gasteiger partial charge in [0.2, 0.25) is 0 Å².